The highest BCUT2D eigenvalue weighted by Gasteiger charge is 2.25. The highest BCUT2D eigenvalue weighted by Crippen LogP contribution is 2.46. The summed E-state index contributed by atoms with van der Waals surface area (Å²) >= 11 is 0. The number of rotatable bonds is 6. The van der Waals surface area contributed by atoms with Crippen LogP contribution in [0, 0.1) is 81.9 Å². The van der Waals surface area contributed by atoms with Gasteiger partial charge in [-0.05, 0) is 129 Å². The maximum Gasteiger partial charge on any atom is 0.213 e. The molecule has 0 atom stereocenters. The van der Waals surface area contributed by atoms with E-state index in [2.05, 4.69) is 77.3 Å². The first kappa shape index (κ1) is 51.1. The Hall–Kier alpha value is -11.7. The van der Waals surface area contributed by atoms with E-state index in [0.717, 1.165) is 110 Å². The number of hydrogen-bond donors (Lipinski definition) is 0. The molecular formula is C84H69N6O3+3. The third-order valence-electron chi connectivity index (χ3n) is 18.1. The van der Waals surface area contributed by atoms with Gasteiger partial charge in [-0.3, -0.25) is 0 Å². The summed E-state index contributed by atoms with van der Waals surface area (Å²) in [7, 11) is 5.70. The summed E-state index contributed by atoms with van der Waals surface area (Å²) in [6.07, 6.45) is 0. The molecule has 0 aliphatic heterocycles. The molecule has 9 nitrogen and oxygen atoms in total. The van der Waals surface area contributed by atoms with E-state index in [1.807, 2.05) is 178 Å². The Morgan fingerprint density at radius 2 is 0.731 bits per heavy atom. The van der Waals surface area contributed by atoms with Crippen LogP contribution in [0.25, 0.3) is 148 Å². The summed E-state index contributed by atoms with van der Waals surface area (Å²) in [5.74, 6) is 0. The molecule has 0 aliphatic carbocycles. The van der Waals surface area contributed by atoms with E-state index >= 15 is 0 Å². The van der Waals surface area contributed by atoms with Crippen LogP contribution in [0.4, 0.5) is 17.1 Å². The van der Waals surface area contributed by atoms with Gasteiger partial charge in [0.2, 0.25) is 17.1 Å². The van der Waals surface area contributed by atoms with Crippen LogP contribution in [0.5, 0.6) is 0 Å². The molecule has 0 unspecified atom stereocenters. The van der Waals surface area contributed by atoms with Crippen molar-refractivity contribution in [2.75, 3.05) is 0 Å². The molecule has 0 aliphatic rings. The predicted molar refractivity (Wildman–Crippen MR) is 379 cm³/mol. The van der Waals surface area contributed by atoms with Crippen LogP contribution >= 0.6 is 0 Å². The Bertz CT molecular complexity index is 6020. The maximum atomic E-state index is 8.68. The molecule has 0 spiro atoms. The smallest absolute Gasteiger partial charge is 0.213 e. The molecule has 0 N–H and O–H groups in total. The lowest BCUT2D eigenvalue weighted by Crippen LogP contribution is -2.35. The number of furan rings is 3. The largest absolute Gasteiger partial charge is 0.457 e. The van der Waals surface area contributed by atoms with Crippen LogP contribution in [0.1, 0.15) is 61.4 Å². The van der Waals surface area contributed by atoms with Gasteiger partial charge in [0.1, 0.15) is 54.6 Å². The van der Waals surface area contributed by atoms with Crippen molar-refractivity contribution in [2.45, 2.75) is 62.2 Å². The maximum absolute atomic E-state index is 8.68. The van der Waals surface area contributed by atoms with Crippen LogP contribution < -0.4 is 13.7 Å². The zero-order valence-corrected chi connectivity index (χ0v) is 53.3. The van der Waals surface area contributed by atoms with E-state index in [-0.39, 0.29) is 17.6 Å². The molecule has 9 aromatic carbocycles. The monoisotopic (exact) mass is 1220 g/mol. The number of nitrogens with zero attached hydrogens (tertiary/aromatic N) is 6. The molecule has 0 radical (unpaired) electrons. The topological polar surface area (TPSA) is 64.1 Å². The molecule has 15 rings (SSSR count). The van der Waals surface area contributed by atoms with Gasteiger partial charge >= 0.3 is 0 Å². The second-order valence-corrected chi connectivity index (χ2v) is 23.8. The third kappa shape index (κ3) is 10.6. The highest BCUT2D eigenvalue weighted by molar-refractivity contribution is 6.16. The molecule has 6 aromatic heterocycles. The van der Waals surface area contributed by atoms with Gasteiger partial charge in [-0.1, -0.05) is 127 Å². The van der Waals surface area contributed by atoms with Gasteiger partial charge < -0.3 is 13.3 Å². The van der Waals surface area contributed by atoms with Gasteiger partial charge in [0.25, 0.3) is 0 Å². The highest BCUT2D eigenvalue weighted by atomic mass is 16.3. The molecule has 0 fully saturated rings. The minimum atomic E-state index is -2.49. The summed E-state index contributed by atoms with van der Waals surface area (Å²) in [4.78, 5) is 11.2. The lowest BCUT2D eigenvalue weighted by Gasteiger charge is -2.08. The average Bonchev–Trinajstić information content (AvgIpc) is 1.70. The summed E-state index contributed by atoms with van der Waals surface area (Å²) < 4.78 is 89.1. The molecule has 0 saturated carbocycles. The average molecular weight is 1220 g/mol. The van der Waals surface area contributed by atoms with Gasteiger partial charge in [-0.15, -0.1) is 0 Å². The lowest BCUT2D eigenvalue weighted by atomic mass is 9.98. The quantitative estimate of drug-likeness (QED) is 0.123. The Labute approximate surface area is 553 Å². The van der Waals surface area contributed by atoms with Crippen molar-refractivity contribution in [3.05, 3.63) is 285 Å². The number of pyridine rings is 3. The van der Waals surface area contributed by atoms with E-state index in [1.165, 1.54) is 22.5 Å². The van der Waals surface area contributed by atoms with Crippen LogP contribution in [0.3, 0.4) is 0 Å². The van der Waals surface area contributed by atoms with E-state index in [9.17, 15) is 0 Å². The summed E-state index contributed by atoms with van der Waals surface area (Å²) in [6, 6.07) is 60.8. The van der Waals surface area contributed by atoms with Crippen molar-refractivity contribution in [2.24, 2.45) is 21.1 Å². The number of fused-ring (bicyclic) bond motifs is 9. The van der Waals surface area contributed by atoms with Crippen LogP contribution in [-0.2, 0) is 21.1 Å². The van der Waals surface area contributed by atoms with Gasteiger partial charge in [0, 0.05) is 113 Å². The fourth-order valence-electron chi connectivity index (χ4n) is 12.8. The normalized spacial score (nSPS) is 12.7. The van der Waals surface area contributed by atoms with E-state index in [0.29, 0.717) is 62.0 Å². The van der Waals surface area contributed by atoms with E-state index < -0.39 is 13.7 Å². The second kappa shape index (κ2) is 24.3. The second-order valence-electron chi connectivity index (χ2n) is 23.8. The third-order valence-corrected chi connectivity index (χ3v) is 18.1. The minimum Gasteiger partial charge on any atom is -0.457 e. The molecule has 0 saturated heterocycles. The first-order valence-corrected chi connectivity index (χ1v) is 30.5. The van der Waals surface area contributed by atoms with Crippen molar-refractivity contribution < 1.29 is 37.9 Å². The minimum absolute atomic E-state index is 0.111. The SMILES string of the molecule is [2H]C([2H])([2H])c1ccc(-c2cc3oc4c(-c5ccccc5)c([N+]#[C-])ccc4c3cc2C)[n+](C)c1C.[2H]c1c([2H])c(-c2cc3oc4c(-c5ccccc5)c([N+]#[C-])ccc4c3cc2C)[n+](C)c(C)c1C([2H])([2H])[2H].[C-]#[N+]c1ccc2c(oc3cc(-c4cc(C)cc(C)[n+]4C)c(C)cc32)c1-c1ccccc1. The van der Waals surface area contributed by atoms with Crippen LogP contribution in [0.2, 0.25) is 0 Å². The van der Waals surface area contributed by atoms with Crippen molar-refractivity contribution in [1.82, 2.24) is 0 Å². The Morgan fingerprint density at radius 3 is 1.13 bits per heavy atom. The fraction of sp³-hybridized carbons (Fsp3) is 0.143. The predicted octanol–water partition coefficient (Wildman–Crippen LogP) is 21.7. The fourth-order valence-corrected chi connectivity index (χ4v) is 12.8. The Morgan fingerprint density at radius 1 is 0.355 bits per heavy atom. The van der Waals surface area contributed by atoms with Crippen LogP contribution in [-0.4, -0.2) is 0 Å². The zero-order chi connectivity index (χ0) is 71.8. The molecule has 0 amide bonds. The lowest BCUT2D eigenvalue weighted by molar-refractivity contribution is -0.667. The first-order valence-electron chi connectivity index (χ1n) is 34.5. The van der Waals surface area contributed by atoms with Gasteiger partial charge in [-0.2, -0.15) is 13.7 Å². The Kier molecular flexibility index (Phi) is 13.3. The molecule has 15 aromatic rings. The molecule has 6 heterocycles. The van der Waals surface area contributed by atoms with Gasteiger partial charge in [0.05, 0.1) is 39.1 Å². The number of aryl methyl sites for hydroxylation is 6. The molecule has 0 bridgehead atoms. The van der Waals surface area contributed by atoms with Crippen molar-refractivity contribution in [3.63, 3.8) is 0 Å². The Balaban J connectivity index is 0.000000136. The van der Waals surface area contributed by atoms with Crippen LogP contribution in [0.15, 0.2) is 213 Å². The number of aromatic nitrogens is 3. The summed E-state index contributed by atoms with van der Waals surface area (Å²) in [5.41, 5.74) is 23.4. The van der Waals surface area contributed by atoms with E-state index in [4.69, 9.17) is 43.9 Å². The van der Waals surface area contributed by atoms with Gasteiger partial charge in [-0.25, -0.2) is 14.5 Å². The van der Waals surface area contributed by atoms with Crippen molar-refractivity contribution in [3.8, 4) is 67.2 Å². The van der Waals surface area contributed by atoms with E-state index in [1.54, 1.807) is 30.7 Å². The molecule has 450 valence electrons. The summed E-state index contributed by atoms with van der Waals surface area (Å²) in [6.45, 7) is 32.2. The summed E-state index contributed by atoms with van der Waals surface area (Å²) in [5, 5.41) is 5.85. The number of benzene rings is 9. The van der Waals surface area contributed by atoms with Crippen molar-refractivity contribution >= 4 is 82.9 Å². The molecule has 9 heteroatoms. The van der Waals surface area contributed by atoms with Gasteiger partial charge in [0.15, 0.2) is 34.1 Å². The number of hydrogen-bond acceptors (Lipinski definition) is 3. The standard InChI is InChI=1S/3C28H23N2O/c2*1-17-11-14-25(30(5)19(17)3)22-16-26-23(15-18(22)2)21-12-13-24(29-4)27(28(21)31-26)20-9-7-6-8-10-20;1-17-13-19(3)30(5)25(14-17)22-16-26-23(15-18(22)2)21-11-12-24(29-4)27(28(21)31-26)20-9-7-6-8-10-20/h3*6-16H,1-3,5H3/q3*+1/i1D3,11D,14D;1D3;. The molecular weight excluding hydrogens is 1140 g/mol. The first-order chi connectivity index (χ1) is 48.2. The zero-order valence-electron chi connectivity index (χ0n) is 61.3. The van der Waals surface area contributed by atoms with Crippen molar-refractivity contribution in [1.29, 1.82) is 0 Å². The molecule has 93 heavy (non-hydrogen) atoms.